The van der Waals surface area contributed by atoms with E-state index in [9.17, 15) is 9.59 Å². The molecule has 1 unspecified atom stereocenters. The third kappa shape index (κ3) is 2.26. The molecule has 1 aromatic rings. The first kappa shape index (κ1) is 14.7. The molecule has 1 saturated carbocycles. The van der Waals surface area contributed by atoms with Crippen molar-refractivity contribution in [3.8, 4) is 0 Å². The molecule has 5 nitrogen and oxygen atoms in total. The predicted octanol–water partition coefficient (Wildman–Crippen LogP) is 2.43. The topological polar surface area (TPSA) is 52.6 Å². The van der Waals surface area contributed by atoms with Crippen LogP contribution in [0.4, 0.5) is 4.79 Å². The van der Waals surface area contributed by atoms with E-state index in [1.165, 1.54) is 16.0 Å². The van der Waals surface area contributed by atoms with Gasteiger partial charge in [-0.25, -0.2) is 9.69 Å². The molecule has 0 aromatic heterocycles. The van der Waals surface area contributed by atoms with Crippen molar-refractivity contribution in [3.63, 3.8) is 0 Å². The van der Waals surface area contributed by atoms with Gasteiger partial charge in [-0.15, -0.1) is 0 Å². The minimum atomic E-state index is -0.606. The van der Waals surface area contributed by atoms with Gasteiger partial charge >= 0.3 is 6.03 Å². The van der Waals surface area contributed by atoms with Crippen molar-refractivity contribution in [2.45, 2.75) is 50.1 Å². The summed E-state index contributed by atoms with van der Waals surface area (Å²) in [7, 11) is 2.01. The van der Waals surface area contributed by atoms with Gasteiger partial charge in [-0.1, -0.05) is 37.1 Å². The van der Waals surface area contributed by atoms with E-state index in [4.69, 9.17) is 0 Å². The average Bonchev–Trinajstić information content (AvgIpc) is 3.23. The largest absolute Gasteiger partial charge is 0.326 e. The van der Waals surface area contributed by atoms with E-state index >= 15 is 0 Å². The molecule has 1 heterocycles. The summed E-state index contributed by atoms with van der Waals surface area (Å²) in [6.45, 7) is 0.366. The van der Waals surface area contributed by atoms with Crippen molar-refractivity contribution >= 4 is 11.9 Å². The summed E-state index contributed by atoms with van der Waals surface area (Å²) in [5.41, 5.74) is 2.11. The summed E-state index contributed by atoms with van der Waals surface area (Å²) in [5.74, 6) is -0.0295. The van der Waals surface area contributed by atoms with Crippen LogP contribution in [-0.2, 0) is 11.2 Å². The molecule has 1 atom stereocenters. The Balaban J connectivity index is 1.50. The zero-order chi connectivity index (χ0) is 16.0. The molecule has 23 heavy (non-hydrogen) atoms. The number of nitrogens with one attached hydrogen (secondary N) is 1. The lowest BCUT2D eigenvalue weighted by atomic mass is 9.98. The number of fused-ring (bicyclic) bond motifs is 1. The minimum Gasteiger partial charge on any atom is -0.323 e. The van der Waals surface area contributed by atoms with Crippen molar-refractivity contribution in [2.75, 3.05) is 13.7 Å². The Hall–Kier alpha value is -1.88. The molecule has 1 saturated heterocycles. The molecule has 1 aliphatic heterocycles. The summed E-state index contributed by atoms with van der Waals surface area (Å²) in [6, 6.07) is 8.52. The third-order valence-electron chi connectivity index (χ3n) is 5.70. The maximum Gasteiger partial charge on any atom is 0.326 e. The van der Waals surface area contributed by atoms with E-state index in [1.54, 1.807) is 0 Å². The quantitative estimate of drug-likeness (QED) is 0.872. The van der Waals surface area contributed by atoms with Crippen LogP contribution in [0.3, 0.4) is 0 Å². The zero-order valence-electron chi connectivity index (χ0n) is 13.5. The number of nitrogens with zero attached hydrogens (tertiary/aromatic N) is 2. The zero-order valence-corrected chi connectivity index (χ0v) is 13.5. The molecule has 0 radical (unpaired) electrons. The molecular formula is C18H23N3O2. The van der Waals surface area contributed by atoms with Crippen LogP contribution in [0.2, 0.25) is 0 Å². The Morgan fingerprint density at radius 2 is 2.00 bits per heavy atom. The second kappa shape index (κ2) is 5.34. The van der Waals surface area contributed by atoms with Crippen LogP contribution in [0.25, 0.3) is 0 Å². The van der Waals surface area contributed by atoms with Crippen molar-refractivity contribution in [3.05, 3.63) is 35.4 Å². The second-order valence-corrected chi connectivity index (χ2v) is 7.10. The fourth-order valence-electron chi connectivity index (χ4n) is 4.44. The SMILES string of the molecule is CN(CN1C(=O)NC2(CCCC2)C1=O)C1CCc2ccccc21. The van der Waals surface area contributed by atoms with Crippen molar-refractivity contribution < 1.29 is 9.59 Å². The normalized spacial score (nSPS) is 25.5. The molecule has 2 aliphatic carbocycles. The van der Waals surface area contributed by atoms with Crippen molar-refractivity contribution in [1.82, 2.24) is 15.1 Å². The molecule has 5 heteroatoms. The Morgan fingerprint density at radius 3 is 2.78 bits per heavy atom. The number of hydrogen-bond donors (Lipinski definition) is 1. The minimum absolute atomic E-state index is 0.0295. The molecule has 0 bridgehead atoms. The summed E-state index contributed by atoms with van der Waals surface area (Å²) in [4.78, 5) is 28.6. The number of carbonyl (C=O) groups is 2. The maximum absolute atomic E-state index is 12.8. The first-order chi connectivity index (χ1) is 11.1. The summed E-state index contributed by atoms with van der Waals surface area (Å²) in [5, 5.41) is 2.95. The van der Waals surface area contributed by atoms with Crippen LogP contribution in [-0.4, -0.2) is 41.0 Å². The lowest BCUT2D eigenvalue weighted by molar-refractivity contribution is -0.132. The van der Waals surface area contributed by atoms with Gasteiger partial charge in [-0.2, -0.15) is 0 Å². The van der Waals surface area contributed by atoms with Gasteiger partial charge in [0, 0.05) is 6.04 Å². The summed E-state index contributed by atoms with van der Waals surface area (Å²) >= 11 is 0. The second-order valence-electron chi connectivity index (χ2n) is 7.10. The van der Waals surface area contributed by atoms with Crippen LogP contribution in [0, 0.1) is 0 Å². The standard InChI is InChI=1S/C18H23N3O2/c1-20(15-9-8-13-6-2-3-7-14(13)15)12-21-16(22)18(19-17(21)23)10-4-5-11-18/h2-3,6-7,15H,4-5,8-12H2,1H3,(H,19,23). The van der Waals surface area contributed by atoms with E-state index in [0.717, 1.165) is 38.5 Å². The average molecular weight is 313 g/mol. The molecular weight excluding hydrogens is 290 g/mol. The Morgan fingerprint density at radius 1 is 1.26 bits per heavy atom. The highest BCUT2D eigenvalue weighted by Crippen LogP contribution is 2.37. The van der Waals surface area contributed by atoms with Crippen molar-refractivity contribution in [1.29, 1.82) is 0 Å². The van der Waals surface area contributed by atoms with Gasteiger partial charge in [-0.05, 0) is 43.9 Å². The van der Waals surface area contributed by atoms with E-state index < -0.39 is 5.54 Å². The number of hydrogen-bond acceptors (Lipinski definition) is 3. The van der Waals surface area contributed by atoms with Gasteiger partial charge in [0.05, 0.1) is 6.67 Å². The lowest BCUT2D eigenvalue weighted by Gasteiger charge is -2.29. The highest BCUT2D eigenvalue weighted by atomic mass is 16.2. The molecule has 3 aliphatic rings. The van der Waals surface area contributed by atoms with Crippen LogP contribution in [0.15, 0.2) is 24.3 Å². The molecule has 1 spiro atoms. The predicted molar refractivity (Wildman–Crippen MR) is 86.7 cm³/mol. The van der Waals surface area contributed by atoms with Crippen LogP contribution >= 0.6 is 0 Å². The van der Waals surface area contributed by atoms with Crippen molar-refractivity contribution in [2.24, 2.45) is 0 Å². The Kier molecular flexibility index (Phi) is 3.41. The van der Waals surface area contributed by atoms with Crippen LogP contribution in [0.1, 0.15) is 49.3 Å². The van der Waals surface area contributed by atoms with Gasteiger partial charge in [0.2, 0.25) is 0 Å². The Labute approximate surface area is 136 Å². The van der Waals surface area contributed by atoms with Crippen LogP contribution in [0.5, 0.6) is 0 Å². The van der Waals surface area contributed by atoms with E-state index in [0.29, 0.717) is 6.67 Å². The van der Waals surface area contributed by atoms with E-state index in [1.807, 2.05) is 7.05 Å². The van der Waals surface area contributed by atoms with Gasteiger partial charge in [0.1, 0.15) is 5.54 Å². The van der Waals surface area contributed by atoms with Gasteiger partial charge in [-0.3, -0.25) is 9.69 Å². The maximum atomic E-state index is 12.8. The van der Waals surface area contributed by atoms with Gasteiger partial charge in [0.15, 0.2) is 0 Å². The summed E-state index contributed by atoms with van der Waals surface area (Å²) in [6.07, 6.45) is 5.71. The number of urea groups is 1. The highest BCUT2D eigenvalue weighted by Gasteiger charge is 2.52. The van der Waals surface area contributed by atoms with Crippen LogP contribution < -0.4 is 5.32 Å². The lowest BCUT2D eigenvalue weighted by Crippen LogP contribution is -2.45. The monoisotopic (exact) mass is 313 g/mol. The third-order valence-corrected chi connectivity index (χ3v) is 5.70. The number of imide groups is 1. The van der Waals surface area contributed by atoms with E-state index in [2.05, 4.69) is 34.5 Å². The number of benzene rings is 1. The number of rotatable bonds is 3. The van der Waals surface area contributed by atoms with Gasteiger partial charge < -0.3 is 5.32 Å². The van der Waals surface area contributed by atoms with Gasteiger partial charge in [0.25, 0.3) is 5.91 Å². The molecule has 1 N–H and O–H groups in total. The first-order valence-electron chi connectivity index (χ1n) is 8.53. The van der Waals surface area contributed by atoms with E-state index in [-0.39, 0.29) is 18.0 Å². The fourth-order valence-corrected chi connectivity index (χ4v) is 4.44. The number of aryl methyl sites for hydroxylation is 1. The first-order valence-corrected chi connectivity index (χ1v) is 8.53. The smallest absolute Gasteiger partial charge is 0.323 e. The molecule has 122 valence electrons. The number of carbonyl (C=O) groups excluding carboxylic acids is 2. The molecule has 4 rings (SSSR count). The number of amides is 3. The Bertz CT molecular complexity index is 651. The fraction of sp³-hybridized carbons (Fsp3) is 0.556. The molecule has 2 fully saturated rings. The highest BCUT2D eigenvalue weighted by molar-refractivity contribution is 6.07. The molecule has 3 amide bonds. The molecule has 1 aromatic carbocycles. The summed E-state index contributed by atoms with van der Waals surface area (Å²) < 4.78 is 0.